The number of methoxy groups -OCH3 is 1. The predicted octanol–water partition coefficient (Wildman–Crippen LogP) is 4.06. The fourth-order valence-electron chi connectivity index (χ4n) is 3.34. The van der Waals surface area contributed by atoms with Crippen molar-refractivity contribution in [3.63, 3.8) is 0 Å². The molecular weight excluding hydrogens is 404 g/mol. The summed E-state index contributed by atoms with van der Waals surface area (Å²) < 4.78 is 10.2. The summed E-state index contributed by atoms with van der Waals surface area (Å²) in [4.78, 5) is 26.4. The number of anilines is 1. The Hall–Kier alpha value is -3.31. The molecular formula is C22H22N2O5S. The van der Waals surface area contributed by atoms with Crippen molar-refractivity contribution in [1.82, 2.24) is 0 Å². The number of benzene rings is 1. The van der Waals surface area contributed by atoms with Crippen molar-refractivity contribution in [1.29, 1.82) is 5.26 Å². The van der Waals surface area contributed by atoms with E-state index in [1.54, 1.807) is 13.0 Å². The van der Waals surface area contributed by atoms with Gasteiger partial charge in [-0.05, 0) is 61.9 Å². The molecule has 1 aromatic heterocycles. The lowest BCUT2D eigenvalue weighted by molar-refractivity contribution is -0.112. The Morgan fingerprint density at radius 3 is 2.80 bits per heavy atom. The molecule has 1 heterocycles. The number of phenols is 1. The number of nitrogens with zero attached hydrogens (tertiary/aromatic N) is 1. The fraction of sp³-hybridized carbons (Fsp3) is 0.318. The number of aryl methyl sites for hydroxylation is 1. The Labute approximate surface area is 178 Å². The van der Waals surface area contributed by atoms with Gasteiger partial charge in [-0.2, -0.15) is 5.26 Å². The molecule has 3 rings (SSSR count). The highest BCUT2D eigenvalue weighted by Crippen LogP contribution is 2.39. The number of carbonyl (C=O) groups is 2. The number of fused-ring (bicyclic) bond motifs is 1. The third kappa shape index (κ3) is 4.47. The molecule has 1 aliphatic rings. The standard InChI is InChI=1S/C22H22N2O5S/c1-3-29-22(27)19-15-6-4-5-7-18(15)30-21(19)24-20(26)14(12-23)10-13-8-9-16(25)17(11-13)28-2/h8-11,25H,3-7H2,1-2H3,(H,24,26). The van der Waals surface area contributed by atoms with Crippen LogP contribution in [0.2, 0.25) is 0 Å². The Kier molecular flexibility index (Phi) is 6.75. The van der Waals surface area contributed by atoms with Crippen LogP contribution >= 0.6 is 11.3 Å². The smallest absolute Gasteiger partial charge is 0.341 e. The maximum atomic E-state index is 12.8. The summed E-state index contributed by atoms with van der Waals surface area (Å²) in [5, 5.41) is 22.3. The lowest BCUT2D eigenvalue weighted by Gasteiger charge is -2.12. The van der Waals surface area contributed by atoms with Crippen LogP contribution in [0.5, 0.6) is 11.5 Å². The number of carbonyl (C=O) groups excluding carboxylic acids is 2. The molecule has 2 N–H and O–H groups in total. The number of ether oxygens (including phenoxy) is 2. The molecule has 0 aliphatic heterocycles. The Morgan fingerprint density at radius 1 is 1.33 bits per heavy atom. The molecule has 0 unspecified atom stereocenters. The number of rotatable bonds is 6. The number of nitrogens with one attached hydrogen (secondary N) is 1. The summed E-state index contributed by atoms with van der Waals surface area (Å²) in [5.41, 5.74) is 1.72. The summed E-state index contributed by atoms with van der Waals surface area (Å²) in [6.45, 7) is 1.97. The molecule has 0 atom stereocenters. The van der Waals surface area contributed by atoms with Gasteiger partial charge in [-0.3, -0.25) is 4.79 Å². The van der Waals surface area contributed by atoms with Gasteiger partial charge in [-0.1, -0.05) is 6.07 Å². The highest BCUT2D eigenvalue weighted by atomic mass is 32.1. The summed E-state index contributed by atoms with van der Waals surface area (Å²) in [6, 6.07) is 6.40. The lowest BCUT2D eigenvalue weighted by Crippen LogP contribution is -2.16. The Bertz CT molecular complexity index is 1050. The fourth-order valence-corrected chi connectivity index (χ4v) is 4.62. The number of aromatic hydroxyl groups is 1. The van der Waals surface area contributed by atoms with Gasteiger partial charge in [0.1, 0.15) is 16.6 Å². The van der Waals surface area contributed by atoms with Crippen molar-refractivity contribution in [2.45, 2.75) is 32.6 Å². The molecule has 0 bridgehead atoms. The molecule has 0 spiro atoms. The van der Waals surface area contributed by atoms with E-state index in [1.807, 2.05) is 6.07 Å². The summed E-state index contributed by atoms with van der Waals surface area (Å²) in [7, 11) is 1.41. The third-order valence-corrected chi connectivity index (χ3v) is 5.97. The number of thiophene rings is 1. The molecule has 1 amide bonds. The minimum atomic E-state index is -0.617. The average Bonchev–Trinajstić information content (AvgIpc) is 3.10. The molecule has 2 aromatic rings. The van der Waals surface area contributed by atoms with E-state index in [-0.39, 0.29) is 23.7 Å². The van der Waals surface area contributed by atoms with Gasteiger partial charge < -0.3 is 19.9 Å². The predicted molar refractivity (Wildman–Crippen MR) is 114 cm³/mol. The van der Waals surface area contributed by atoms with Gasteiger partial charge in [0.25, 0.3) is 5.91 Å². The number of esters is 1. The molecule has 8 heteroatoms. The van der Waals surface area contributed by atoms with E-state index < -0.39 is 11.9 Å². The zero-order chi connectivity index (χ0) is 21.7. The zero-order valence-corrected chi connectivity index (χ0v) is 17.6. The van der Waals surface area contributed by atoms with Crippen LogP contribution in [0.15, 0.2) is 23.8 Å². The van der Waals surface area contributed by atoms with Crippen molar-refractivity contribution < 1.29 is 24.2 Å². The molecule has 0 saturated heterocycles. The molecule has 30 heavy (non-hydrogen) atoms. The SMILES string of the molecule is CCOC(=O)c1c(NC(=O)C(C#N)=Cc2ccc(O)c(OC)c2)sc2c1CCCC2. The van der Waals surface area contributed by atoms with E-state index in [4.69, 9.17) is 9.47 Å². The van der Waals surface area contributed by atoms with Gasteiger partial charge in [0.2, 0.25) is 0 Å². The largest absolute Gasteiger partial charge is 0.504 e. The van der Waals surface area contributed by atoms with E-state index in [2.05, 4.69) is 5.32 Å². The van der Waals surface area contributed by atoms with Gasteiger partial charge in [-0.25, -0.2) is 4.79 Å². The number of amides is 1. The van der Waals surface area contributed by atoms with Crippen molar-refractivity contribution in [2.75, 3.05) is 19.0 Å². The first-order valence-corrected chi connectivity index (χ1v) is 10.4. The Morgan fingerprint density at radius 2 is 2.10 bits per heavy atom. The van der Waals surface area contributed by atoms with Gasteiger partial charge in [0, 0.05) is 4.88 Å². The van der Waals surface area contributed by atoms with Crippen molar-refractivity contribution in [2.24, 2.45) is 0 Å². The van der Waals surface area contributed by atoms with Gasteiger partial charge >= 0.3 is 5.97 Å². The number of hydrogen-bond donors (Lipinski definition) is 2. The second-order valence-corrected chi connectivity index (χ2v) is 7.80. The second kappa shape index (κ2) is 9.46. The van der Waals surface area contributed by atoms with E-state index in [0.717, 1.165) is 36.1 Å². The zero-order valence-electron chi connectivity index (χ0n) is 16.8. The first-order chi connectivity index (χ1) is 14.5. The van der Waals surface area contributed by atoms with Crippen LogP contribution in [0.25, 0.3) is 6.08 Å². The maximum Gasteiger partial charge on any atom is 0.341 e. The number of nitriles is 1. The van der Waals surface area contributed by atoms with Gasteiger partial charge in [0.15, 0.2) is 11.5 Å². The first kappa shape index (κ1) is 21.4. The van der Waals surface area contributed by atoms with Crippen LogP contribution in [0, 0.1) is 11.3 Å². The minimum absolute atomic E-state index is 0.0409. The molecule has 1 aliphatic carbocycles. The normalized spacial score (nSPS) is 13.2. The van der Waals surface area contributed by atoms with E-state index in [1.165, 1.54) is 36.7 Å². The van der Waals surface area contributed by atoms with E-state index in [9.17, 15) is 20.0 Å². The molecule has 156 valence electrons. The second-order valence-electron chi connectivity index (χ2n) is 6.69. The molecule has 0 fully saturated rings. The number of hydrogen-bond acceptors (Lipinski definition) is 7. The maximum absolute atomic E-state index is 12.8. The molecule has 1 aromatic carbocycles. The van der Waals surface area contributed by atoms with E-state index in [0.29, 0.717) is 16.1 Å². The molecule has 0 radical (unpaired) electrons. The van der Waals surface area contributed by atoms with Crippen molar-refractivity contribution in [3.05, 3.63) is 45.3 Å². The average molecular weight is 426 g/mol. The van der Waals surface area contributed by atoms with Crippen LogP contribution in [0.3, 0.4) is 0 Å². The lowest BCUT2D eigenvalue weighted by atomic mass is 9.95. The van der Waals surface area contributed by atoms with Gasteiger partial charge in [0.05, 0.1) is 19.3 Å². The monoisotopic (exact) mass is 426 g/mol. The summed E-state index contributed by atoms with van der Waals surface area (Å²) in [6.07, 6.45) is 5.04. The third-order valence-electron chi connectivity index (χ3n) is 4.76. The van der Waals surface area contributed by atoms with Gasteiger partial charge in [-0.15, -0.1) is 11.3 Å². The molecule has 7 nitrogen and oxygen atoms in total. The van der Waals surface area contributed by atoms with Crippen molar-refractivity contribution in [3.8, 4) is 17.6 Å². The highest BCUT2D eigenvalue weighted by molar-refractivity contribution is 7.17. The minimum Gasteiger partial charge on any atom is -0.504 e. The van der Waals surface area contributed by atoms with Crippen LogP contribution < -0.4 is 10.1 Å². The highest BCUT2D eigenvalue weighted by Gasteiger charge is 2.27. The quantitative estimate of drug-likeness (QED) is 0.410. The van der Waals surface area contributed by atoms with Crippen LogP contribution in [0.4, 0.5) is 5.00 Å². The summed E-state index contributed by atoms with van der Waals surface area (Å²) >= 11 is 1.36. The van der Waals surface area contributed by atoms with E-state index >= 15 is 0 Å². The molecule has 0 saturated carbocycles. The Balaban J connectivity index is 1.91. The topological polar surface area (TPSA) is 109 Å². The first-order valence-electron chi connectivity index (χ1n) is 9.60. The number of phenolic OH excluding ortho intramolecular Hbond substituents is 1. The van der Waals surface area contributed by atoms with Crippen LogP contribution in [0.1, 0.15) is 46.1 Å². The summed E-state index contributed by atoms with van der Waals surface area (Å²) in [5.74, 6) is -0.885. The van der Waals surface area contributed by atoms with Crippen molar-refractivity contribution >= 4 is 34.3 Å². The van der Waals surface area contributed by atoms with Crippen LogP contribution in [-0.4, -0.2) is 30.7 Å². The van der Waals surface area contributed by atoms with Crippen LogP contribution in [-0.2, 0) is 22.4 Å².